The zero-order valence-electron chi connectivity index (χ0n) is 12.9. The normalized spacial score (nSPS) is 11.5. The van der Waals surface area contributed by atoms with Crippen molar-refractivity contribution >= 4 is 29.7 Å². The molecule has 0 atom stereocenters. The topological polar surface area (TPSA) is 55.3 Å². The van der Waals surface area contributed by atoms with Crippen LogP contribution in [0.5, 0.6) is 0 Å². The molecule has 0 spiro atoms. The Kier molecular flexibility index (Phi) is 4.54. The molecule has 0 aromatic heterocycles. The third-order valence-electron chi connectivity index (χ3n) is 3.47. The lowest BCUT2D eigenvalue weighted by molar-refractivity contribution is 1.27. The predicted molar refractivity (Wildman–Crippen MR) is 96.6 cm³/mol. The largest absolute Gasteiger partial charge is 0.290 e. The van der Waals surface area contributed by atoms with Crippen molar-refractivity contribution in [2.75, 3.05) is 4.67 Å². The molecule has 0 bridgehead atoms. The van der Waals surface area contributed by atoms with Crippen LogP contribution in [0, 0.1) is 27.7 Å². The Hall–Kier alpha value is -1.19. The van der Waals surface area contributed by atoms with Gasteiger partial charge in [-0.25, -0.2) is 0 Å². The molecule has 2 aromatic rings. The minimum absolute atomic E-state index is 0.987. The van der Waals surface area contributed by atoms with E-state index in [1.165, 1.54) is 11.1 Å². The lowest BCUT2D eigenvalue weighted by atomic mass is 10.1. The highest BCUT2D eigenvalue weighted by molar-refractivity contribution is 8.13. The van der Waals surface area contributed by atoms with Crippen LogP contribution in [0.1, 0.15) is 22.3 Å². The number of aryl methyl sites for hydroxylation is 4. The minimum Gasteiger partial charge on any atom is -0.290 e. The predicted octanol–water partition coefficient (Wildman–Crippen LogP) is 4.20. The summed E-state index contributed by atoms with van der Waals surface area (Å²) in [7, 11) is 0. The fraction of sp³-hybridized carbons (Fsp3) is 0.250. The van der Waals surface area contributed by atoms with Crippen molar-refractivity contribution in [2.45, 2.75) is 27.7 Å². The zero-order chi connectivity index (χ0) is 15.8. The molecule has 0 fully saturated rings. The highest BCUT2D eigenvalue weighted by atomic mass is 32.4. The molecule has 21 heavy (non-hydrogen) atoms. The maximum absolute atomic E-state index is 6.19. The number of benzene rings is 2. The maximum atomic E-state index is 6.19. The first kappa shape index (κ1) is 16.2. The highest BCUT2D eigenvalue weighted by Gasteiger charge is 2.22. The second kappa shape index (κ2) is 5.90. The van der Waals surface area contributed by atoms with Crippen LogP contribution in [0.4, 0.5) is 11.4 Å². The van der Waals surface area contributed by atoms with E-state index in [4.69, 9.17) is 22.8 Å². The fourth-order valence-electron chi connectivity index (χ4n) is 2.55. The Labute approximate surface area is 132 Å². The summed E-state index contributed by atoms with van der Waals surface area (Å²) in [6, 6.07) is 12.5. The SMILES string of the molecule is Cc1ccc(N(c2ccc(C)cc2C)P(N)(N)=S)c(C)c1. The van der Waals surface area contributed by atoms with Crippen LogP contribution in [0.3, 0.4) is 0 Å². The van der Waals surface area contributed by atoms with Gasteiger partial charge < -0.3 is 0 Å². The molecule has 0 heterocycles. The van der Waals surface area contributed by atoms with Crippen LogP contribution in [0.2, 0.25) is 0 Å². The van der Waals surface area contributed by atoms with Crippen LogP contribution >= 0.6 is 6.49 Å². The number of rotatable bonds is 3. The lowest BCUT2D eigenvalue weighted by Crippen LogP contribution is -2.25. The molecule has 2 aromatic carbocycles. The monoisotopic (exact) mass is 319 g/mol. The van der Waals surface area contributed by atoms with Gasteiger partial charge >= 0.3 is 0 Å². The van der Waals surface area contributed by atoms with Crippen molar-refractivity contribution in [3.8, 4) is 0 Å². The second-order valence-corrected chi connectivity index (χ2v) is 9.06. The summed E-state index contributed by atoms with van der Waals surface area (Å²) in [4.78, 5) is 0. The van der Waals surface area contributed by atoms with Gasteiger partial charge in [-0.15, -0.1) is 0 Å². The third kappa shape index (κ3) is 3.53. The molecular weight excluding hydrogens is 297 g/mol. The highest BCUT2D eigenvalue weighted by Crippen LogP contribution is 2.47. The van der Waals surface area contributed by atoms with Gasteiger partial charge in [-0.05, 0) is 62.8 Å². The fourth-order valence-corrected chi connectivity index (χ4v) is 4.20. The molecule has 0 unspecified atom stereocenters. The summed E-state index contributed by atoms with van der Waals surface area (Å²) >= 11 is 5.45. The van der Waals surface area contributed by atoms with Crippen molar-refractivity contribution in [1.29, 1.82) is 0 Å². The number of nitrogens with zero attached hydrogens (tertiary/aromatic N) is 1. The molecule has 0 amide bonds. The molecule has 2 rings (SSSR count). The van der Waals surface area contributed by atoms with Gasteiger partial charge in [0.15, 0.2) is 6.49 Å². The van der Waals surface area contributed by atoms with E-state index in [1.807, 2.05) is 16.8 Å². The van der Waals surface area contributed by atoms with Crippen molar-refractivity contribution in [3.63, 3.8) is 0 Å². The number of hydrogen-bond acceptors (Lipinski definition) is 1. The van der Waals surface area contributed by atoms with E-state index in [-0.39, 0.29) is 0 Å². The molecule has 0 radical (unpaired) electrons. The molecule has 0 aliphatic carbocycles. The molecule has 4 N–H and O–H groups in total. The molecular formula is C16H22N3PS. The van der Waals surface area contributed by atoms with Gasteiger partial charge in [0.2, 0.25) is 0 Å². The molecule has 0 aliphatic heterocycles. The van der Waals surface area contributed by atoms with Crippen molar-refractivity contribution in [1.82, 2.24) is 0 Å². The van der Waals surface area contributed by atoms with Crippen LogP contribution in [-0.4, -0.2) is 0 Å². The van der Waals surface area contributed by atoms with Crippen LogP contribution in [0.25, 0.3) is 0 Å². The Morgan fingerprint density at radius 1 is 0.810 bits per heavy atom. The summed E-state index contributed by atoms with van der Waals surface area (Å²) in [5, 5.41) is 0. The number of nitrogens with two attached hydrogens (primary N) is 2. The van der Waals surface area contributed by atoms with Crippen LogP contribution < -0.4 is 15.7 Å². The van der Waals surface area contributed by atoms with E-state index in [2.05, 4.69) is 52.0 Å². The summed E-state index contributed by atoms with van der Waals surface area (Å²) in [6.45, 7) is 5.62. The number of anilines is 2. The van der Waals surface area contributed by atoms with Gasteiger partial charge in [-0.2, -0.15) is 0 Å². The van der Waals surface area contributed by atoms with Gasteiger partial charge in [-0.3, -0.25) is 15.7 Å². The van der Waals surface area contributed by atoms with Gasteiger partial charge in [0.05, 0.1) is 11.4 Å². The Bertz CT molecular complexity index is 670. The third-order valence-corrected chi connectivity index (χ3v) is 5.02. The lowest BCUT2D eigenvalue weighted by Gasteiger charge is -2.33. The van der Waals surface area contributed by atoms with Crippen LogP contribution in [0.15, 0.2) is 36.4 Å². The second-order valence-electron chi connectivity index (χ2n) is 5.56. The molecule has 0 saturated carbocycles. The van der Waals surface area contributed by atoms with Gasteiger partial charge in [0.25, 0.3) is 0 Å². The smallest absolute Gasteiger partial charge is 0.163 e. The van der Waals surface area contributed by atoms with Crippen molar-refractivity contribution in [2.24, 2.45) is 11.0 Å². The average Bonchev–Trinajstić information content (AvgIpc) is 2.33. The molecule has 0 saturated heterocycles. The summed E-state index contributed by atoms with van der Waals surface area (Å²) in [6.07, 6.45) is 0. The van der Waals surface area contributed by atoms with E-state index in [0.717, 1.165) is 22.5 Å². The van der Waals surface area contributed by atoms with Crippen molar-refractivity contribution < 1.29 is 0 Å². The zero-order valence-corrected chi connectivity index (χ0v) is 14.6. The van der Waals surface area contributed by atoms with E-state index in [1.54, 1.807) is 0 Å². The van der Waals surface area contributed by atoms with Gasteiger partial charge in [-0.1, -0.05) is 35.4 Å². The first-order valence-electron chi connectivity index (χ1n) is 6.82. The van der Waals surface area contributed by atoms with Crippen molar-refractivity contribution in [3.05, 3.63) is 58.7 Å². The summed E-state index contributed by atoms with van der Waals surface area (Å²) in [5.74, 6) is 0. The first-order chi connectivity index (χ1) is 9.70. The molecule has 3 nitrogen and oxygen atoms in total. The van der Waals surface area contributed by atoms with E-state index in [0.29, 0.717) is 0 Å². The van der Waals surface area contributed by atoms with E-state index in [9.17, 15) is 0 Å². The standard InChI is InChI=1S/C16H22N3PS/c1-11-5-7-15(13(3)9-11)19(20(17,18)21)16-8-6-12(2)10-14(16)4/h5-10H,1-4H3,(H4,17,18,21). The summed E-state index contributed by atoms with van der Waals surface area (Å²) in [5.41, 5.74) is 19.0. The molecule has 0 aliphatic rings. The van der Waals surface area contributed by atoms with Gasteiger partial charge in [0.1, 0.15) is 0 Å². The van der Waals surface area contributed by atoms with E-state index < -0.39 is 6.49 Å². The Balaban J connectivity index is 2.67. The van der Waals surface area contributed by atoms with Crippen LogP contribution in [-0.2, 0) is 11.8 Å². The summed E-state index contributed by atoms with van der Waals surface area (Å²) < 4.78 is 1.94. The Morgan fingerprint density at radius 3 is 1.48 bits per heavy atom. The van der Waals surface area contributed by atoms with E-state index >= 15 is 0 Å². The first-order valence-corrected chi connectivity index (χ1v) is 9.72. The number of hydrogen-bond donors (Lipinski definition) is 2. The maximum Gasteiger partial charge on any atom is 0.163 e. The Morgan fingerprint density at radius 2 is 1.19 bits per heavy atom. The van der Waals surface area contributed by atoms with Gasteiger partial charge in [0, 0.05) is 0 Å². The quantitative estimate of drug-likeness (QED) is 0.833. The average molecular weight is 319 g/mol. The minimum atomic E-state index is -2.64. The molecule has 112 valence electrons. The molecule has 5 heteroatoms.